The largest absolute Gasteiger partial charge is 0.338 e. The van der Waals surface area contributed by atoms with Crippen molar-refractivity contribution in [2.24, 2.45) is 5.92 Å². The van der Waals surface area contributed by atoms with Gasteiger partial charge >= 0.3 is 6.03 Å². The molecule has 1 N–H and O–H groups in total. The molecule has 7 nitrogen and oxygen atoms in total. The molecular weight excluding hydrogens is 400 g/mol. The Morgan fingerprint density at radius 2 is 1.84 bits per heavy atom. The number of nitrogens with zero attached hydrogens (tertiary/aromatic N) is 5. The second-order valence-electron chi connectivity index (χ2n) is 8.61. The van der Waals surface area contributed by atoms with E-state index >= 15 is 0 Å². The first-order chi connectivity index (χ1) is 15.6. The number of carbonyl (C=O) groups excluding carboxylic acids is 1. The van der Waals surface area contributed by atoms with E-state index in [0.29, 0.717) is 5.92 Å². The summed E-state index contributed by atoms with van der Waals surface area (Å²) in [5.41, 5.74) is 3.40. The van der Waals surface area contributed by atoms with Crippen molar-refractivity contribution in [1.29, 1.82) is 0 Å². The van der Waals surface area contributed by atoms with E-state index in [-0.39, 0.29) is 12.1 Å². The van der Waals surface area contributed by atoms with E-state index in [1.165, 1.54) is 11.9 Å². The minimum Gasteiger partial charge on any atom is -0.338 e. The second-order valence-corrected chi connectivity index (χ2v) is 8.61. The summed E-state index contributed by atoms with van der Waals surface area (Å²) in [6.07, 6.45) is 5.43. The summed E-state index contributed by atoms with van der Waals surface area (Å²) in [5.74, 6) is 0.539. The third-order valence-corrected chi connectivity index (χ3v) is 6.46. The molecule has 32 heavy (non-hydrogen) atoms. The molecule has 0 saturated carbocycles. The van der Waals surface area contributed by atoms with Gasteiger partial charge in [0, 0.05) is 20.1 Å². The van der Waals surface area contributed by atoms with Crippen molar-refractivity contribution in [3.63, 3.8) is 0 Å². The highest BCUT2D eigenvalue weighted by Gasteiger charge is 2.22. The van der Waals surface area contributed by atoms with Gasteiger partial charge < -0.3 is 10.2 Å². The molecule has 4 rings (SSSR count). The smallest absolute Gasteiger partial charge is 0.317 e. The average Bonchev–Trinajstić information content (AvgIpc) is 3.38. The van der Waals surface area contributed by atoms with Gasteiger partial charge in [0.1, 0.15) is 12.7 Å². The van der Waals surface area contributed by atoms with Crippen molar-refractivity contribution in [3.8, 4) is 5.69 Å². The van der Waals surface area contributed by atoms with Gasteiger partial charge in [0.25, 0.3) is 0 Å². The second kappa shape index (κ2) is 10.4. The first-order valence-electron chi connectivity index (χ1n) is 11.3. The highest BCUT2D eigenvalue weighted by Crippen LogP contribution is 2.21. The number of aromatic nitrogens is 3. The summed E-state index contributed by atoms with van der Waals surface area (Å²) in [7, 11) is 1.85. The zero-order valence-corrected chi connectivity index (χ0v) is 18.9. The SMILES string of the molecule is CC(c1ccc(-n2cncn2)cc1)N(C)C(=O)NCC1CCN(Cc2ccccc2)CC1. The number of carbonyl (C=O) groups is 1. The number of amides is 2. The Balaban J connectivity index is 1.21. The molecule has 168 valence electrons. The Bertz CT molecular complexity index is 965. The summed E-state index contributed by atoms with van der Waals surface area (Å²) in [5, 5.41) is 7.29. The van der Waals surface area contributed by atoms with Gasteiger partial charge in [-0.25, -0.2) is 14.5 Å². The Morgan fingerprint density at radius 1 is 1.12 bits per heavy atom. The van der Waals surface area contributed by atoms with E-state index in [0.717, 1.165) is 50.3 Å². The van der Waals surface area contributed by atoms with Crippen LogP contribution in [0.2, 0.25) is 0 Å². The van der Waals surface area contributed by atoms with E-state index in [2.05, 4.69) is 50.6 Å². The standard InChI is InChI=1S/C25H32N6O/c1-20(23-8-10-24(11-9-23)31-19-26-18-28-31)29(2)25(32)27-16-21-12-14-30(15-13-21)17-22-6-4-3-5-7-22/h3-11,18-21H,12-17H2,1-2H3,(H,27,32). The van der Waals surface area contributed by atoms with E-state index in [9.17, 15) is 4.79 Å². The van der Waals surface area contributed by atoms with Gasteiger partial charge in [-0.3, -0.25) is 4.90 Å². The molecule has 0 bridgehead atoms. The number of piperidine rings is 1. The molecule has 0 spiro atoms. The number of benzene rings is 2. The molecule has 1 atom stereocenters. The maximum absolute atomic E-state index is 12.7. The number of likely N-dealkylation sites (tertiary alicyclic amines) is 1. The molecule has 7 heteroatoms. The lowest BCUT2D eigenvalue weighted by atomic mass is 9.96. The summed E-state index contributed by atoms with van der Waals surface area (Å²) in [4.78, 5) is 21.0. The Morgan fingerprint density at radius 3 is 2.50 bits per heavy atom. The topological polar surface area (TPSA) is 66.3 Å². The molecule has 1 fully saturated rings. The molecule has 1 saturated heterocycles. The molecule has 1 aromatic heterocycles. The maximum atomic E-state index is 12.7. The lowest BCUT2D eigenvalue weighted by Crippen LogP contribution is -2.43. The van der Waals surface area contributed by atoms with Crippen LogP contribution in [0.1, 0.15) is 36.9 Å². The van der Waals surface area contributed by atoms with Crippen LogP contribution >= 0.6 is 0 Å². The highest BCUT2D eigenvalue weighted by atomic mass is 16.2. The van der Waals surface area contributed by atoms with Crippen molar-refractivity contribution in [2.45, 2.75) is 32.4 Å². The van der Waals surface area contributed by atoms with Crippen molar-refractivity contribution in [3.05, 3.63) is 78.4 Å². The molecule has 2 amide bonds. The predicted molar refractivity (Wildman–Crippen MR) is 125 cm³/mol. The fourth-order valence-electron chi connectivity index (χ4n) is 4.19. The van der Waals surface area contributed by atoms with Gasteiger partial charge in [-0.15, -0.1) is 0 Å². The number of rotatable bonds is 7. The molecule has 0 aliphatic carbocycles. The maximum Gasteiger partial charge on any atom is 0.317 e. The van der Waals surface area contributed by atoms with Gasteiger partial charge in [0.2, 0.25) is 0 Å². The van der Waals surface area contributed by atoms with Crippen molar-refractivity contribution < 1.29 is 4.79 Å². The number of hydrogen-bond acceptors (Lipinski definition) is 4. The van der Waals surface area contributed by atoms with E-state index < -0.39 is 0 Å². The minimum absolute atomic E-state index is 0.0208. The van der Waals surface area contributed by atoms with Gasteiger partial charge in [-0.05, 0) is 62.0 Å². The molecule has 2 aromatic carbocycles. The van der Waals surface area contributed by atoms with Crippen molar-refractivity contribution in [2.75, 3.05) is 26.7 Å². The zero-order chi connectivity index (χ0) is 22.3. The van der Waals surface area contributed by atoms with Crippen LogP contribution in [-0.4, -0.2) is 57.3 Å². The summed E-state index contributed by atoms with van der Waals surface area (Å²) >= 11 is 0. The van der Waals surface area contributed by atoms with Crippen LogP contribution in [0.5, 0.6) is 0 Å². The summed E-state index contributed by atoms with van der Waals surface area (Å²) in [6.45, 7) is 5.96. The van der Waals surface area contributed by atoms with Crippen LogP contribution in [0.15, 0.2) is 67.3 Å². The minimum atomic E-state index is -0.0235. The zero-order valence-electron chi connectivity index (χ0n) is 18.9. The monoisotopic (exact) mass is 432 g/mol. The molecule has 0 radical (unpaired) electrons. The van der Waals surface area contributed by atoms with Crippen LogP contribution in [0.3, 0.4) is 0 Å². The predicted octanol–water partition coefficient (Wildman–Crippen LogP) is 3.88. The Hall–Kier alpha value is -3.19. The third-order valence-electron chi connectivity index (χ3n) is 6.46. The number of nitrogens with one attached hydrogen (secondary N) is 1. The molecule has 2 heterocycles. The van der Waals surface area contributed by atoms with Crippen LogP contribution in [0, 0.1) is 5.92 Å². The van der Waals surface area contributed by atoms with Gasteiger partial charge in [-0.1, -0.05) is 42.5 Å². The molecule has 1 aliphatic heterocycles. The molecule has 1 aliphatic rings. The lowest BCUT2D eigenvalue weighted by molar-refractivity contribution is 0.167. The van der Waals surface area contributed by atoms with Crippen molar-refractivity contribution >= 4 is 6.03 Å². The van der Waals surface area contributed by atoms with Gasteiger partial charge in [-0.2, -0.15) is 5.10 Å². The lowest BCUT2D eigenvalue weighted by Gasteiger charge is -2.33. The first-order valence-corrected chi connectivity index (χ1v) is 11.3. The first kappa shape index (κ1) is 22.0. The highest BCUT2D eigenvalue weighted by molar-refractivity contribution is 5.74. The third kappa shape index (κ3) is 5.53. The summed E-state index contributed by atoms with van der Waals surface area (Å²) in [6, 6.07) is 18.6. The van der Waals surface area contributed by atoms with E-state index in [1.54, 1.807) is 15.9 Å². The fourth-order valence-corrected chi connectivity index (χ4v) is 4.19. The normalized spacial score (nSPS) is 15.9. The number of hydrogen-bond donors (Lipinski definition) is 1. The van der Waals surface area contributed by atoms with E-state index in [4.69, 9.17) is 0 Å². The number of urea groups is 1. The van der Waals surface area contributed by atoms with Gasteiger partial charge in [0.05, 0.1) is 11.7 Å². The van der Waals surface area contributed by atoms with Crippen LogP contribution in [0.4, 0.5) is 4.79 Å². The fraction of sp³-hybridized carbons (Fsp3) is 0.400. The summed E-state index contributed by atoms with van der Waals surface area (Å²) < 4.78 is 1.72. The van der Waals surface area contributed by atoms with E-state index in [1.807, 2.05) is 38.2 Å². The Kier molecular flexibility index (Phi) is 7.17. The molecular formula is C25H32N6O. The van der Waals surface area contributed by atoms with Crippen LogP contribution < -0.4 is 5.32 Å². The Labute approximate surface area is 190 Å². The van der Waals surface area contributed by atoms with Crippen LogP contribution in [0.25, 0.3) is 5.69 Å². The van der Waals surface area contributed by atoms with Crippen molar-refractivity contribution in [1.82, 2.24) is 29.9 Å². The van der Waals surface area contributed by atoms with Crippen LogP contribution in [-0.2, 0) is 6.54 Å². The molecule has 1 unspecified atom stereocenters. The quantitative estimate of drug-likeness (QED) is 0.615. The average molecular weight is 433 g/mol. The molecule has 3 aromatic rings. The van der Waals surface area contributed by atoms with Gasteiger partial charge in [0.15, 0.2) is 0 Å².